The standard InChI is InChI=1S/C15H12FNO3/c1-10-6-7-12(8-14(10)17(19)20)15(18)9-11-4-2-3-5-13(11)16/h2-8H,9H2,1H3. The molecule has 0 N–H and O–H groups in total. The minimum atomic E-state index is -0.533. The predicted molar refractivity (Wildman–Crippen MR) is 72.3 cm³/mol. The monoisotopic (exact) mass is 273 g/mol. The molecule has 0 unspecified atom stereocenters. The van der Waals surface area contributed by atoms with E-state index in [1.165, 1.54) is 30.3 Å². The van der Waals surface area contributed by atoms with Gasteiger partial charge in [-0.25, -0.2) is 4.39 Å². The van der Waals surface area contributed by atoms with Crippen LogP contribution in [-0.2, 0) is 6.42 Å². The van der Waals surface area contributed by atoms with Gasteiger partial charge in [0.1, 0.15) is 5.82 Å². The molecule has 0 amide bonds. The van der Waals surface area contributed by atoms with Crippen LogP contribution >= 0.6 is 0 Å². The number of hydrogen-bond donors (Lipinski definition) is 0. The summed E-state index contributed by atoms with van der Waals surface area (Å²) in [6.07, 6.45) is -0.118. The van der Waals surface area contributed by atoms with Gasteiger partial charge < -0.3 is 0 Å². The summed E-state index contributed by atoms with van der Waals surface area (Å²) in [5, 5.41) is 10.8. The third kappa shape index (κ3) is 2.88. The molecule has 4 nitrogen and oxygen atoms in total. The van der Waals surface area contributed by atoms with E-state index >= 15 is 0 Å². The number of hydrogen-bond acceptors (Lipinski definition) is 3. The van der Waals surface area contributed by atoms with Crippen LogP contribution in [0.15, 0.2) is 42.5 Å². The van der Waals surface area contributed by atoms with Crippen LogP contribution in [0.1, 0.15) is 21.5 Å². The lowest BCUT2D eigenvalue weighted by Gasteiger charge is -2.04. The van der Waals surface area contributed by atoms with Gasteiger partial charge in [0.2, 0.25) is 0 Å². The first-order chi connectivity index (χ1) is 9.49. The molecule has 2 aromatic rings. The second kappa shape index (κ2) is 5.61. The van der Waals surface area contributed by atoms with Gasteiger partial charge in [-0.15, -0.1) is 0 Å². The van der Waals surface area contributed by atoms with Crippen molar-refractivity contribution in [3.63, 3.8) is 0 Å². The van der Waals surface area contributed by atoms with Crippen molar-refractivity contribution in [2.75, 3.05) is 0 Å². The van der Waals surface area contributed by atoms with Gasteiger partial charge in [0.05, 0.1) is 4.92 Å². The molecule has 5 heteroatoms. The Morgan fingerprint density at radius 1 is 1.25 bits per heavy atom. The maximum atomic E-state index is 13.5. The van der Waals surface area contributed by atoms with Crippen LogP contribution in [0.5, 0.6) is 0 Å². The summed E-state index contributed by atoms with van der Waals surface area (Å²) in [7, 11) is 0. The highest BCUT2D eigenvalue weighted by Gasteiger charge is 2.16. The maximum Gasteiger partial charge on any atom is 0.273 e. The molecule has 0 saturated carbocycles. The van der Waals surface area contributed by atoms with Gasteiger partial charge in [-0.2, -0.15) is 0 Å². The molecule has 0 aliphatic heterocycles. The van der Waals surface area contributed by atoms with Crippen molar-refractivity contribution in [2.24, 2.45) is 0 Å². The van der Waals surface area contributed by atoms with Crippen molar-refractivity contribution >= 4 is 11.5 Å². The van der Waals surface area contributed by atoms with Crippen molar-refractivity contribution in [1.29, 1.82) is 0 Å². The molecule has 2 aromatic carbocycles. The zero-order chi connectivity index (χ0) is 14.7. The van der Waals surface area contributed by atoms with Crippen molar-refractivity contribution in [3.05, 3.63) is 75.1 Å². The molecule has 0 aliphatic carbocycles. The molecular formula is C15H12FNO3. The van der Waals surface area contributed by atoms with Crippen LogP contribution in [0.25, 0.3) is 0 Å². The van der Waals surface area contributed by atoms with Crippen LogP contribution < -0.4 is 0 Å². The van der Waals surface area contributed by atoms with E-state index in [1.54, 1.807) is 19.1 Å². The molecule has 0 fully saturated rings. The molecular weight excluding hydrogens is 261 g/mol. The molecule has 0 atom stereocenters. The lowest BCUT2D eigenvalue weighted by molar-refractivity contribution is -0.385. The smallest absolute Gasteiger partial charge is 0.273 e. The number of aryl methyl sites for hydroxylation is 1. The van der Waals surface area contributed by atoms with E-state index in [0.717, 1.165) is 0 Å². The maximum absolute atomic E-state index is 13.5. The number of Topliss-reactive ketones (excluding diaryl/α,β-unsaturated/α-hetero) is 1. The number of nitro benzene ring substituents is 1. The molecule has 0 aliphatic rings. The highest BCUT2D eigenvalue weighted by atomic mass is 19.1. The molecule has 20 heavy (non-hydrogen) atoms. The summed E-state index contributed by atoms with van der Waals surface area (Å²) >= 11 is 0. The number of benzene rings is 2. The molecule has 102 valence electrons. The predicted octanol–water partition coefficient (Wildman–Crippen LogP) is 3.47. The van der Waals surface area contributed by atoms with Crippen molar-refractivity contribution in [2.45, 2.75) is 13.3 Å². The van der Waals surface area contributed by atoms with Crippen LogP contribution in [0.2, 0.25) is 0 Å². The fraction of sp³-hybridized carbons (Fsp3) is 0.133. The van der Waals surface area contributed by atoms with Gasteiger partial charge in [-0.05, 0) is 18.6 Å². The molecule has 0 radical (unpaired) electrons. The van der Waals surface area contributed by atoms with Crippen LogP contribution in [0.4, 0.5) is 10.1 Å². The summed E-state index contributed by atoms with van der Waals surface area (Å²) in [5.74, 6) is -0.805. The molecule has 0 heterocycles. The molecule has 2 rings (SSSR count). The summed E-state index contributed by atoms with van der Waals surface area (Å²) in [4.78, 5) is 22.4. The molecule has 0 aromatic heterocycles. The Labute approximate surface area is 115 Å². The normalized spacial score (nSPS) is 10.3. The van der Waals surface area contributed by atoms with E-state index in [-0.39, 0.29) is 29.0 Å². The Kier molecular flexibility index (Phi) is 3.89. The van der Waals surface area contributed by atoms with Crippen LogP contribution in [0, 0.1) is 22.9 Å². The fourth-order valence-corrected chi connectivity index (χ4v) is 1.90. The van der Waals surface area contributed by atoms with Gasteiger partial charge >= 0.3 is 0 Å². The minimum absolute atomic E-state index is 0.107. The Morgan fingerprint density at radius 3 is 2.60 bits per heavy atom. The van der Waals surface area contributed by atoms with Crippen molar-refractivity contribution in [1.82, 2.24) is 0 Å². The Bertz CT molecular complexity index is 683. The van der Waals surface area contributed by atoms with E-state index in [4.69, 9.17) is 0 Å². The minimum Gasteiger partial charge on any atom is -0.294 e. The number of halogens is 1. The van der Waals surface area contributed by atoms with E-state index in [9.17, 15) is 19.3 Å². The summed E-state index contributed by atoms with van der Waals surface area (Å²) in [6, 6.07) is 10.3. The lowest BCUT2D eigenvalue weighted by atomic mass is 10.0. The lowest BCUT2D eigenvalue weighted by Crippen LogP contribution is -2.06. The fourth-order valence-electron chi connectivity index (χ4n) is 1.90. The van der Waals surface area contributed by atoms with Gasteiger partial charge in [0.25, 0.3) is 5.69 Å². The number of nitro groups is 1. The molecule has 0 bridgehead atoms. The Hall–Kier alpha value is -2.56. The topological polar surface area (TPSA) is 60.2 Å². The first-order valence-electron chi connectivity index (χ1n) is 6.00. The average molecular weight is 273 g/mol. The third-order valence-corrected chi connectivity index (χ3v) is 3.04. The SMILES string of the molecule is Cc1ccc(C(=O)Cc2ccccc2F)cc1[N+](=O)[O-]. The van der Waals surface area contributed by atoms with Crippen LogP contribution in [-0.4, -0.2) is 10.7 Å². The van der Waals surface area contributed by atoms with E-state index in [0.29, 0.717) is 5.56 Å². The van der Waals surface area contributed by atoms with Crippen LogP contribution in [0.3, 0.4) is 0 Å². The molecule has 0 saturated heterocycles. The van der Waals surface area contributed by atoms with Gasteiger partial charge in [0.15, 0.2) is 5.78 Å². The number of carbonyl (C=O) groups excluding carboxylic acids is 1. The summed E-state index contributed by atoms with van der Waals surface area (Å²) < 4.78 is 13.5. The summed E-state index contributed by atoms with van der Waals surface area (Å²) in [5.41, 5.74) is 0.869. The zero-order valence-corrected chi connectivity index (χ0v) is 10.8. The first-order valence-corrected chi connectivity index (χ1v) is 6.00. The van der Waals surface area contributed by atoms with E-state index in [1.807, 2.05) is 0 Å². The van der Waals surface area contributed by atoms with Crippen molar-refractivity contribution in [3.8, 4) is 0 Å². The van der Waals surface area contributed by atoms with Gasteiger partial charge in [-0.3, -0.25) is 14.9 Å². The van der Waals surface area contributed by atoms with E-state index < -0.39 is 10.7 Å². The second-order valence-electron chi connectivity index (χ2n) is 4.45. The number of nitrogens with zero attached hydrogens (tertiary/aromatic N) is 1. The average Bonchev–Trinajstić information content (AvgIpc) is 2.41. The quantitative estimate of drug-likeness (QED) is 0.487. The largest absolute Gasteiger partial charge is 0.294 e. The number of carbonyl (C=O) groups is 1. The molecule has 0 spiro atoms. The van der Waals surface area contributed by atoms with Gasteiger partial charge in [-0.1, -0.05) is 30.3 Å². The van der Waals surface area contributed by atoms with E-state index in [2.05, 4.69) is 0 Å². The van der Waals surface area contributed by atoms with Gasteiger partial charge in [0, 0.05) is 23.6 Å². The summed E-state index contributed by atoms with van der Waals surface area (Å²) in [6.45, 7) is 1.60. The number of ketones is 1. The number of rotatable bonds is 4. The third-order valence-electron chi connectivity index (χ3n) is 3.04. The first kappa shape index (κ1) is 13.9. The second-order valence-corrected chi connectivity index (χ2v) is 4.45. The zero-order valence-electron chi connectivity index (χ0n) is 10.8. The Balaban J connectivity index is 2.28. The highest BCUT2D eigenvalue weighted by molar-refractivity contribution is 5.98. The Morgan fingerprint density at radius 2 is 1.95 bits per heavy atom. The highest BCUT2D eigenvalue weighted by Crippen LogP contribution is 2.20. The van der Waals surface area contributed by atoms with Crippen molar-refractivity contribution < 1.29 is 14.1 Å².